The molecule has 0 saturated heterocycles. The van der Waals surface area contributed by atoms with E-state index < -0.39 is 0 Å². The summed E-state index contributed by atoms with van der Waals surface area (Å²) in [5.41, 5.74) is 3.03. The van der Waals surface area contributed by atoms with Gasteiger partial charge in [-0.1, -0.05) is 36.6 Å². The van der Waals surface area contributed by atoms with Crippen molar-refractivity contribution >= 4 is 0 Å². The monoisotopic (exact) mass is 282 g/mol. The molecule has 0 unspecified atom stereocenters. The molecular weight excluding hydrogens is 260 g/mol. The van der Waals surface area contributed by atoms with Gasteiger partial charge >= 0.3 is 0 Å². The molecule has 0 aliphatic carbocycles. The Kier molecular flexibility index (Phi) is 6.02. The molecule has 0 fully saturated rings. The quantitative estimate of drug-likeness (QED) is 0.665. The van der Waals surface area contributed by atoms with E-state index in [1.54, 1.807) is 0 Å². The molecule has 0 radical (unpaired) electrons. The fourth-order valence-corrected chi connectivity index (χ4v) is 2.44. The van der Waals surface area contributed by atoms with Gasteiger partial charge in [0.1, 0.15) is 5.76 Å². The van der Waals surface area contributed by atoms with Crippen molar-refractivity contribution in [2.75, 3.05) is 0 Å². The maximum Gasteiger partial charge on any atom is 0.136 e. The Hall–Kier alpha value is -2.08. The zero-order valence-corrected chi connectivity index (χ0v) is 12.6. The van der Waals surface area contributed by atoms with Gasteiger partial charge in [0.15, 0.2) is 0 Å². The van der Waals surface area contributed by atoms with Crippen LogP contribution in [0.25, 0.3) is 0 Å². The van der Waals surface area contributed by atoms with Crippen LogP contribution in [-0.4, -0.2) is 5.16 Å². The van der Waals surface area contributed by atoms with Gasteiger partial charge in [-0.15, -0.1) is 0 Å². The molecule has 0 bridgehead atoms. The molecule has 3 nitrogen and oxygen atoms in total. The molecule has 3 heteroatoms. The summed E-state index contributed by atoms with van der Waals surface area (Å²) in [6.45, 7) is 1.95. The molecule has 2 rings (SSSR count). The Bertz CT molecular complexity index is 578. The molecule has 110 valence electrons. The van der Waals surface area contributed by atoms with Gasteiger partial charge in [-0.25, -0.2) is 0 Å². The summed E-state index contributed by atoms with van der Waals surface area (Å²) in [4.78, 5) is 0. The standard InChI is InChI=1S/C18H22N2O/c1-15-13-18(21-20-15)8-6-4-2-3-5-7-16-9-11-17(14-19)12-10-16/h9-13H,2-8H2,1H3. The average molecular weight is 282 g/mol. The third-order valence-corrected chi connectivity index (χ3v) is 3.65. The molecule has 0 saturated carbocycles. The molecule has 0 amide bonds. The van der Waals surface area contributed by atoms with Crippen molar-refractivity contribution in [2.24, 2.45) is 0 Å². The number of benzene rings is 1. The Morgan fingerprint density at radius 3 is 2.29 bits per heavy atom. The van der Waals surface area contributed by atoms with Crippen molar-refractivity contribution in [3.63, 3.8) is 0 Å². The van der Waals surface area contributed by atoms with E-state index in [0.717, 1.165) is 29.9 Å². The van der Waals surface area contributed by atoms with E-state index in [4.69, 9.17) is 9.78 Å². The lowest BCUT2D eigenvalue weighted by Gasteiger charge is -2.02. The third kappa shape index (κ3) is 5.43. The van der Waals surface area contributed by atoms with Crippen LogP contribution < -0.4 is 0 Å². The minimum atomic E-state index is 0.737. The van der Waals surface area contributed by atoms with Crippen molar-refractivity contribution in [1.82, 2.24) is 5.16 Å². The van der Waals surface area contributed by atoms with Gasteiger partial charge in [-0.3, -0.25) is 0 Å². The number of nitrogens with zero attached hydrogens (tertiary/aromatic N) is 2. The van der Waals surface area contributed by atoms with Crippen LogP contribution in [0.5, 0.6) is 0 Å². The second-order valence-corrected chi connectivity index (χ2v) is 5.51. The molecule has 1 aromatic heterocycles. The number of rotatable bonds is 8. The molecule has 21 heavy (non-hydrogen) atoms. The van der Waals surface area contributed by atoms with Gasteiger partial charge < -0.3 is 4.52 Å². The number of aromatic nitrogens is 1. The van der Waals surface area contributed by atoms with Gasteiger partial charge in [-0.2, -0.15) is 5.26 Å². The lowest BCUT2D eigenvalue weighted by atomic mass is 10.0. The van der Waals surface area contributed by atoms with Crippen molar-refractivity contribution in [2.45, 2.75) is 51.9 Å². The second-order valence-electron chi connectivity index (χ2n) is 5.51. The first-order valence-corrected chi connectivity index (χ1v) is 7.69. The fourth-order valence-electron chi connectivity index (χ4n) is 2.44. The van der Waals surface area contributed by atoms with E-state index in [1.807, 2.05) is 25.1 Å². The predicted molar refractivity (Wildman–Crippen MR) is 82.9 cm³/mol. The molecule has 0 aliphatic heterocycles. The van der Waals surface area contributed by atoms with E-state index in [2.05, 4.69) is 23.4 Å². The predicted octanol–water partition coefficient (Wildman–Crippen LogP) is 4.59. The molecule has 0 spiro atoms. The van der Waals surface area contributed by atoms with E-state index >= 15 is 0 Å². The maximum absolute atomic E-state index is 8.75. The number of hydrogen-bond donors (Lipinski definition) is 0. The smallest absolute Gasteiger partial charge is 0.136 e. The summed E-state index contributed by atoms with van der Waals surface area (Å²) in [6.07, 6.45) is 8.26. The summed E-state index contributed by atoms with van der Waals surface area (Å²) in [7, 11) is 0. The first-order chi connectivity index (χ1) is 10.3. The van der Waals surface area contributed by atoms with Gasteiger partial charge in [0.05, 0.1) is 17.3 Å². The lowest BCUT2D eigenvalue weighted by molar-refractivity contribution is 0.375. The minimum absolute atomic E-state index is 0.737. The summed E-state index contributed by atoms with van der Waals surface area (Å²) in [5.74, 6) is 1.00. The molecule has 2 aromatic rings. The van der Waals surface area contributed by atoms with Crippen LogP contribution in [0.15, 0.2) is 34.9 Å². The van der Waals surface area contributed by atoms with Gasteiger partial charge in [-0.05, 0) is 43.9 Å². The number of unbranched alkanes of at least 4 members (excludes halogenated alkanes) is 4. The van der Waals surface area contributed by atoms with Crippen molar-refractivity contribution in [3.05, 3.63) is 52.9 Å². The zero-order valence-electron chi connectivity index (χ0n) is 12.6. The van der Waals surface area contributed by atoms with E-state index in [-0.39, 0.29) is 0 Å². The van der Waals surface area contributed by atoms with Gasteiger partial charge in [0, 0.05) is 12.5 Å². The average Bonchev–Trinajstić information content (AvgIpc) is 2.92. The molecule has 0 aliphatic rings. The summed E-state index contributed by atoms with van der Waals surface area (Å²) in [6, 6.07) is 12.1. The van der Waals surface area contributed by atoms with Crippen LogP contribution in [0.4, 0.5) is 0 Å². The summed E-state index contributed by atoms with van der Waals surface area (Å²) in [5, 5.41) is 12.6. The molecular formula is C18H22N2O. The minimum Gasteiger partial charge on any atom is -0.361 e. The molecule has 1 aromatic carbocycles. The third-order valence-electron chi connectivity index (χ3n) is 3.65. The van der Waals surface area contributed by atoms with Crippen molar-refractivity contribution < 1.29 is 4.52 Å². The van der Waals surface area contributed by atoms with E-state index in [1.165, 1.54) is 37.7 Å². The Balaban J connectivity index is 1.52. The first kappa shape index (κ1) is 15.3. The highest BCUT2D eigenvalue weighted by molar-refractivity contribution is 5.31. The van der Waals surface area contributed by atoms with Gasteiger partial charge in [0.25, 0.3) is 0 Å². The van der Waals surface area contributed by atoms with Crippen LogP contribution in [0.1, 0.15) is 54.7 Å². The van der Waals surface area contributed by atoms with Gasteiger partial charge in [0.2, 0.25) is 0 Å². The molecule has 0 atom stereocenters. The highest BCUT2D eigenvalue weighted by Gasteiger charge is 2.00. The first-order valence-electron chi connectivity index (χ1n) is 7.69. The number of nitriles is 1. The molecule has 0 N–H and O–H groups in total. The van der Waals surface area contributed by atoms with Crippen LogP contribution in [-0.2, 0) is 12.8 Å². The van der Waals surface area contributed by atoms with Crippen LogP contribution >= 0.6 is 0 Å². The Labute approximate surface area is 126 Å². The van der Waals surface area contributed by atoms with Crippen LogP contribution in [0.2, 0.25) is 0 Å². The lowest BCUT2D eigenvalue weighted by Crippen LogP contribution is -1.88. The van der Waals surface area contributed by atoms with Crippen LogP contribution in [0, 0.1) is 18.3 Å². The summed E-state index contributed by atoms with van der Waals surface area (Å²) >= 11 is 0. The zero-order chi connectivity index (χ0) is 14.9. The Morgan fingerprint density at radius 1 is 1.00 bits per heavy atom. The van der Waals surface area contributed by atoms with Crippen LogP contribution in [0.3, 0.4) is 0 Å². The topological polar surface area (TPSA) is 49.8 Å². The highest BCUT2D eigenvalue weighted by Crippen LogP contribution is 2.12. The number of aryl methyl sites for hydroxylation is 3. The fraction of sp³-hybridized carbons (Fsp3) is 0.444. The molecule has 1 heterocycles. The normalized spacial score (nSPS) is 10.5. The maximum atomic E-state index is 8.75. The van der Waals surface area contributed by atoms with E-state index in [9.17, 15) is 0 Å². The largest absolute Gasteiger partial charge is 0.361 e. The number of hydrogen-bond acceptors (Lipinski definition) is 3. The highest BCUT2D eigenvalue weighted by atomic mass is 16.5. The SMILES string of the molecule is Cc1cc(CCCCCCCc2ccc(C#N)cc2)on1. The summed E-state index contributed by atoms with van der Waals surface area (Å²) < 4.78 is 5.20. The van der Waals surface area contributed by atoms with E-state index in [0.29, 0.717) is 0 Å². The van der Waals surface area contributed by atoms with Crippen molar-refractivity contribution in [1.29, 1.82) is 5.26 Å². The second kappa shape index (κ2) is 8.26. The Morgan fingerprint density at radius 2 is 1.67 bits per heavy atom. The van der Waals surface area contributed by atoms with Crippen molar-refractivity contribution in [3.8, 4) is 6.07 Å².